The Labute approximate surface area is 132 Å². The second-order valence-electron chi connectivity index (χ2n) is 6.34. The van der Waals surface area contributed by atoms with Crippen LogP contribution in [-0.4, -0.2) is 18.4 Å². The Balaban J connectivity index is 2.11. The predicted molar refractivity (Wildman–Crippen MR) is 87.4 cm³/mol. The van der Waals surface area contributed by atoms with Gasteiger partial charge in [0.05, 0.1) is 5.41 Å². The second-order valence-corrected chi connectivity index (χ2v) is 6.34. The lowest BCUT2D eigenvalue weighted by atomic mass is 9.68. The van der Waals surface area contributed by atoms with E-state index in [4.69, 9.17) is 5.73 Å². The summed E-state index contributed by atoms with van der Waals surface area (Å²) in [6.45, 7) is 2.57. The Morgan fingerprint density at radius 1 is 1.23 bits per heavy atom. The van der Waals surface area contributed by atoms with Crippen LogP contribution in [0.25, 0.3) is 0 Å². The number of nitrogens with two attached hydrogens (primary N) is 1. The molecule has 1 aliphatic rings. The van der Waals surface area contributed by atoms with Gasteiger partial charge in [0, 0.05) is 13.0 Å². The van der Waals surface area contributed by atoms with Crippen LogP contribution in [0.4, 0.5) is 0 Å². The van der Waals surface area contributed by atoms with Gasteiger partial charge in [0.1, 0.15) is 0 Å². The third kappa shape index (κ3) is 3.87. The maximum atomic E-state index is 12.8. The van der Waals surface area contributed by atoms with Crippen molar-refractivity contribution in [2.45, 2.75) is 57.3 Å². The van der Waals surface area contributed by atoms with Crippen molar-refractivity contribution in [1.29, 1.82) is 0 Å². The largest absolute Gasteiger partial charge is 0.370 e. The van der Waals surface area contributed by atoms with Crippen LogP contribution in [-0.2, 0) is 15.0 Å². The summed E-state index contributed by atoms with van der Waals surface area (Å²) in [6, 6.07) is 8.29. The number of benzene rings is 1. The van der Waals surface area contributed by atoms with Gasteiger partial charge in [-0.15, -0.1) is 0 Å². The smallest absolute Gasteiger partial charge is 0.230 e. The molecule has 0 spiro atoms. The van der Waals surface area contributed by atoms with Crippen LogP contribution < -0.4 is 11.1 Å². The maximum Gasteiger partial charge on any atom is 0.230 e. The van der Waals surface area contributed by atoms with E-state index in [9.17, 15) is 9.59 Å². The van der Waals surface area contributed by atoms with E-state index in [0.29, 0.717) is 19.4 Å². The van der Waals surface area contributed by atoms with E-state index >= 15 is 0 Å². The fraction of sp³-hybridized carbons (Fsp3) is 0.556. The normalized spacial score (nSPS) is 17.0. The van der Waals surface area contributed by atoms with Crippen molar-refractivity contribution in [1.82, 2.24) is 5.32 Å². The zero-order valence-electron chi connectivity index (χ0n) is 13.4. The van der Waals surface area contributed by atoms with Crippen molar-refractivity contribution in [2.24, 2.45) is 5.73 Å². The van der Waals surface area contributed by atoms with Gasteiger partial charge in [-0.25, -0.2) is 0 Å². The van der Waals surface area contributed by atoms with Gasteiger partial charge in [-0.1, -0.05) is 49.1 Å². The molecule has 3 N–H and O–H groups in total. The van der Waals surface area contributed by atoms with Crippen LogP contribution in [0, 0.1) is 6.92 Å². The monoisotopic (exact) mass is 302 g/mol. The Morgan fingerprint density at radius 2 is 1.95 bits per heavy atom. The summed E-state index contributed by atoms with van der Waals surface area (Å²) >= 11 is 0. The average Bonchev–Trinajstić information content (AvgIpc) is 2.52. The third-order valence-electron chi connectivity index (χ3n) is 4.60. The van der Waals surface area contributed by atoms with E-state index < -0.39 is 5.41 Å². The van der Waals surface area contributed by atoms with Crippen molar-refractivity contribution in [3.05, 3.63) is 35.4 Å². The van der Waals surface area contributed by atoms with Gasteiger partial charge in [-0.05, 0) is 31.7 Å². The number of hydrogen-bond acceptors (Lipinski definition) is 2. The van der Waals surface area contributed by atoms with Crippen LogP contribution in [0.15, 0.2) is 24.3 Å². The lowest BCUT2D eigenvalue weighted by Gasteiger charge is -2.36. The Morgan fingerprint density at radius 3 is 2.59 bits per heavy atom. The number of rotatable bonds is 6. The van der Waals surface area contributed by atoms with Crippen LogP contribution >= 0.6 is 0 Å². The van der Waals surface area contributed by atoms with Crippen molar-refractivity contribution in [3.63, 3.8) is 0 Å². The first-order valence-corrected chi connectivity index (χ1v) is 8.18. The molecular formula is C18H26N2O2. The van der Waals surface area contributed by atoms with Crippen molar-refractivity contribution < 1.29 is 9.59 Å². The highest BCUT2D eigenvalue weighted by atomic mass is 16.2. The summed E-state index contributed by atoms with van der Waals surface area (Å²) in [6.07, 6.45) is 6.09. The molecule has 0 heterocycles. The minimum atomic E-state index is -0.406. The Kier molecular flexibility index (Phi) is 5.58. The van der Waals surface area contributed by atoms with Gasteiger partial charge in [0.15, 0.2) is 0 Å². The summed E-state index contributed by atoms with van der Waals surface area (Å²) in [7, 11) is 0. The molecule has 0 atom stereocenters. The van der Waals surface area contributed by atoms with Gasteiger partial charge in [-0.3, -0.25) is 9.59 Å². The Hall–Kier alpha value is -1.84. The quantitative estimate of drug-likeness (QED) is 0.793. The molecule has 0 saturated heterocycles. The van der Waals surface area contributed by atoms with Crippen LogP contribution in [0.1, 0.15) is 56.1 Å². The molecule has 2 amide bonds. The number of carbonyl (C=O) groups is 2. The number of carbonyl (C=O) groups excluding carboxylic acids is 2. The fourth-order valence-corrected chi connectivity index (χ4v) is 3.38. The van der Waals surface area contributed by atoms with E-state index in [1.807, 2.05) is 6.07 Å². The first-order valence-electron chi connectivity index (χ1n) is 8.18. The first kappa shape index (κ1) is 16.5. The van der Waals surface area contributed by atoms with Crippen LogP contribution in [0.5, 0.6) is 0 Å². The number of primary amides is 1. The molecule has 1 aromatic rings. The van der Waals surface area contributed by atoms with Gasteiger partial charge >= 0.3 is 0 Å². The summed E-state index contributed by atoms with van der Waals surface area (Å²) in [5.74, 6) is -0.220. The molecule has 0 unspecified atom stereocenters. The average molecular weight is 302 g/mol. The van der Waals surface area contributed by atoms with Crippen molar-refractivity contribution in [3.8, 4) is 0 Å². The topological polar surface area (TPSA) is 72.2 Å². The molecule has 4 heteroatoms. The molecule has 1 saturated carbocycles. The van der Waals surface area contributed by atoms with Crippen LogP contribution in [0.2, 0.25) is 0 Å². The highest BCUT2D eigenvalue weighted by molar-refractivity contribution is 5.88. The highest BCUT2D eigenvalue weighted by Crippen LogP contribution is 2.40. The molecule has 2 rings (SSSR count). The lowest BCUT2D eigenvalue weighted by Crippen LogP contribution is -2.46. The summed E-state index contributed by atoms with van der Waals surface area (Å²) in [5.41, 5.74) is 7.04. The molecule has 1 fully saturated rings. The van der Waals surface area contributed by atoms with Gasteiger partial charge in [0.25, 0.3) is 0 Å². The summed E-state index contributed by atoms with van der Waals surface area (Å²) in [4.78, 5) is 23.6. The van der Waals surface area contributed by atoms with E-state index in [1.54, 1.807) is 0 Å². The van der Waals surface area contributed by atoms with E-state index in [-0.39, 0.29) is 11.8 Å². The zero-order chi connectivity index (χ0) is 16.0. The van der Waals surface area contributed by atoms with E-state index in [1.165, 1.54) is 12.0 Å². The minimum Gasteiger partial charge on any atom is -0.370 e. The number of nitrogens with one attached hydrogen (secondary N) is 1. The van der Waals surface area contributed by atoms with Crippen LogP contribution in [0.3, 0.4) is 0 Å². The molecule has 0 aromatic heterocycles. The number of hydrogen-bond donors (Lipinski definition) is 2. The lowest BCUT2D eigenvalue weighted by molar-refractivity contribution is -0.128. The molecule has 4 nitrogen and oxygen atoms in total. The van der Waals surface area contributed by atoms with Gasteiger partial charge in [-0.2, -0.15) is 0 Å². The SMILES string of the molecule is Cc1cccc(C2(C(=O)NCCCC(N)=O)CCCCC2)c1. The highest BCUT2D eigenvalue weighted by Gasteiger charge is 2.40. The molecule has 0 bridgehead atoms. The fourth-order valence-electron chi connectivity index (χ4n) is 3.38. The molecule has 22 heavy (non-hydrogen) atoms. The standard InChI is InChI=1S/C18H26N2O2/c1-14-7-5-8-15(13-14)18(10-3-2-4-11-18)17(22)20-12-6-9-16(19)21/h5,7-8,13H,2-4,6,9-12H2,1H3,(H2,19,21)(H,20,22). The first-order chi connectivity index (χ1) is 10.5. The molecule has 0 radical (unpaired) electrons. The minimum absolute atomic E-state index is 0.0993. The van der Waals surface area contributed by atoms with E-state index in [2.05, 4.69) is 30.4 Å². The maximum absolute atomic E-state index is 12.8. The van der Waals surface area contributed by atoms with Crippen molar-refractivity contribution >= 4 is 11.8 Å². The summed E-state index contributed by atoms with van der Waals surface area (Å²) < 4.78 is 0. The Bertz CT molecular complexity index is 534. The molecule has 120 valence electrons. The van der Waals surface area contributed by atoms with E-state index in [0.717, 1.165) is 31.2 Å². The van der Waals surface area contributed by atoms with Gasteiger partial charge < -0.3 is 11.1 Å². The number of aryl methyl sites for hydroxylation is 1. The zero-order valence-corrected chi connectivity index (χ0v) is 13.4. The second kappa shape index (κ2) is 7.43. The number of amides is 2. The molecule has 1 aromatic carbocycles. The van der Waals surface area contributed by atoms with Gasteiger partial charge in [0.2, 0.25) is 11.8 Å². The predicted octanol–water partition coefficient (Wildman–Crippen LogP) is 2.58. The molecule has 0 aliphatic heterocycles. The van der Waals surface area contributed by atoms with Crippen molar-refractivity contribution in [2.75, 3.05) is 6.54 Å². The molecule has 1 aliphatic carbocycles. The third-order valence-corrected chi connectivity index (χ3v) is 4.60. The summed E-state index contributed by atoms with van der Waals surface area (Å²) in [5, 5.41) is 3.02. The molecular weight excluding hydrogens is 276 g/mol.